The van der Waals surface area contributed by atoms with E-state index in [0.29, 0.717) is 31.5 Å². The maximum absolute atomic E-state index is 14.0. The van der Waals surface area contributed by atoms with Gasteiger partial charge in [0, 0.05) is 44.5 Å². The van der Waals surface area contributed by atoms with Crippen LogP contribution >= 0.6 is 0 Å². The Morgan fingerprint density at radius 3 is 2.78 bits per heavy atom. The smallest absolute Gasteiger partial charge is 0.218 e. The van der Waals surface area contributed by atoms with E-state index in [2.05, 4.69) is 20.6 Å². The van der Waals surface area contributed by atoms with E-state index < -0.39 is 11.6 Å². The molecule has 1 saturated heterocycles. The number of pyridine rings is 1. The van der Waals surface area contributed by atoms with Crippen LogP contribution in [0.3, 0.4) is 0 Å². The number of guanidine groups is 1. The average molecular weight is 375 g/mol. The van der Waals surface area contributed by atoms with E-state index in [-0.39, 0.29) is 11.7 Å². The van der Waals surface area contributed by atoms with Crippen LogP contribution in [0.2, 0.25) is 0 Å². The molecule has 1 aromatic carbocycles. The van der Waals surface area contributed by atoms with Crippen molar-refractivity contribution in [3.8, 4) is 5.88 Å². The summed E-state index contributed by atoms with van der Waals surface area (Å²) in [5.41, 5.74) is 0.939. The Bertz CT molecular complexity index is 794. The molecule has 2 heterocycles. The number of methoxy groups -OCH3 is 1. The van der Waals surface area contributed by atoms with Gasteiger partial charge in [-0.2, -0.15) is 0 Å². The standard InChI is InChI=1S/C19H23F2N5O/c1-22-19(24-11-13-5-4-9-23-18(13)27-2)25-14-8-10-26(12-14)17-15(20)6-3-7-16(17)21/h3-7,9,14H,8,10-12H2,1-2H3,(H2,22,24,25). The van der Waals surface area contributed by atoms with E-state index in [1.54, 1.807) is 25.3 Å². The van der Waals surface area contributed by atoms with Crippen LogP contribution in [0.15, 0.2) is 41.5 Å². The number of nitrogens with one attached hydrogen (secondary N) is 2. The third kappa shape index (κ3) is 4.45. The number of anilines is 1. The second-order valence-electron chi connectivity index (χ2n) is 6.24. The van der Waals surface area contributed by atoms with Gasteiger partial charge >= 0.3 is 0 Å². The van der Waals surface area contributed by atoms with Gasteiger partial charge in [-0.3, -0.25) is 4.99 Å². The van der Waals surface area contributed by atoms with Crippen molar-refractivity contribution < 1.29 is 13.5 Å². The molecular formula is C19H23F2N5O. The number of aromatic nitrogens is 1. The molecule has 2 N–H and O–H groups in total. The molecular weight excluding hydrogens is 352 g/mol. The summed E-state index contributed by atoms with van der Waals surface area (Å²) < 4.78 is 33.2. The normalized spacial score (nSPS) is 17.1. The van der Waals surface area contributed by atoms with Crippen molar-refractivity contribution >= 4 is 11.6 Å². The van der Waals surface area contributed by atoms with E-state index in [0.717, 1.165) is 12.0 Å². The molecule has 0 amide bonds. The summed E-state index contributed by atoms with van der Waals surface area (Å²) in [7, 11) is 3.26. The minimum atomic E-state index is -0.540. The summed E-state index contributed by atoms with van der Waals surface area (Å²) in [6.07, 6.45) is 2.43. The molecule has 0 bridgehead atoms. The van der Waals surface area contributed by atoms with Gasteiger partial charge < -0.3 is 20.3 Å². The summed E-state index contributed by atoms with van der Waals surface area (Å²) >= 11 is 0. The van der Waals surface area contributed by atoms with Crippen LogP contribution in [0.4, 0.5) is 14.5 Å². The molecule has 2 aromatic rings. The molecule has 1 atom stereocenters. The molecule has 0 saturated carbocycles. The average Bonchev–Trinajstić information content (AvgIpc) is 3.13. The topological polar surface area (TPSA) is 61.8 Å². The maximum Gasteiger partial charge on any atom is 0.218 e. The van der Waals surface area contributed by atoms with E-state index in [4.69, 9.17) is 4.74 Å². The van der Waals surface area contributed by atoms with Crippen molar-refractivity contribution in [1.29, 1.82) is 0 Å². The molecule has 6 nitrogen and oxygen atoms in total. The lowest BCUT2D eigenvalue weighted by molar-refractivity contribution is 0.392. The van der Waals surface area contributed by atoms with Crippen molar-refractivity contribution in [3.05, 3.63) is 53.7 Å². The van der Waals surface area contributed by atoms with Crippen LogP contribution in [0.1, 0.15) is 12.0 Å². The second-order valence-corrected chi connectivity index (χ2v) is 6.24. The van der Waals surface area contributed by atoms with Gasteiger partial charge in [0.2, 0.25) is 5.88 Å². The first-order chi connectivity index (χ1) is 13.1. The first-order valence-corrected chi connectivity index (χ1v) is 8.76. The Morgan fingerprint density at radius 1 is 1.30 bits per heavy atom. The third-order valence-electron chi connectivity index (χ3n) is 4.50. The van der Waals surface area contributed by atoms with E-state index in [1.165, 1.54) is 18.2 Å². The lowest BCUT2D eigenvalue weighted by atomic mass is 10.2. The van der Waals surface area contributed by atoms with Crippen molar-refractivity contribution in [1.82, 2.24) is 15.6 Å². The lowest BCUT2D eigenvalue weighted by Crippen LogP contribution is -2.44. The second kappa shape index (κ2) is 8.66. The zero-order valence-corrected chi connectivity index (χ0v) is 15.4. The molecule has 3 rings (SSSR count). The predicted molar refractivity (Wildman–Crippen MR) is 101 cm³/mol. The Hall–Kier alpha value is -2.90. The fraction of sp³-hybridized carbons (Fsp3) is 0.368. The molecule has 1 fully saturated rings. The zero-order valence-electron chi connectivity index (χ0n) is 15.4. The quantitative estimate of drug-likeness (QED) is 0.620. The number of para-hydroxylation sites is 1. The summed E-state index contributed by atoms with van der Waals surface area (Å²) in [5.74, 6) is 0.0907. The van der Waals surface area contributed by atoms with E-state index in [1.807, 2.05) is 12.1 Å². The largest absolute Gasteiger partial charge is 0.481 e. The highest BCUT2D eigenvalue weighted by Gasteiger charge is 2.27. The van der Waals surface area contributed by atoms with Gasteiger partial charge in [0.15, 0.2) is 5.96 Å². The molecule has 1 aliphatic rings. The third-order valence-corrected chi connectivity index (χ3v) is 4.50. The van der Waals surface area contributed by atoms with Crippen molar-refractivity contribution in [2.75, 3.05) is 32.1 Å². The molecule has 144 valence electrons. The van der Waals surface area contributed by atoms with Crippen LogP contribution in [-0.4, -0.2) is 44.2 Å². The van der Waals surface area contributed by atoms with E-state index in [9.17, 15) is 8.78 Å². The fourth-order valence-corrected chi connectivity index (χ4v) is 3.18. The van der Waals surface area contributed by atoms with Crippen LogP contribution in [-0.2, 0) is 6.54 Å². The Morgan fingerprint density at radius 2 is 2.07 bits per heavy atom. The number of rotatable bonds is 5. The lowest BCUT2D eigenvalue weighted by Gasteiger charge is -2.21. The van der Waals surface area contributed by atoms with Crippen molar-refractivity contribution in [2.45, 2.75) is 19.0 Å². The molecule has 0 aliphatic carbocycles. The van der Waals surface area contributed by atoms with Gasteiger partial charge in [-0.15, -0.1) is 0 Å². The highest BCUT2D eigenvalue weighted by atomic mass is 19.1. The van der Waals surface area contributed by atoms with Crippen LogP contribution in [0.25, 0.3) is 0 Å². The Kier molecular flexibility index (Phi) is 6.05. The monoisotopic (exact) mass is 375 g/mol. The van der Waals surface area contributed by atoms with Crippen LogP contribution in [0.5, 0.6) is 5.88 Å². The first-order valence-electron chi connectivity index (χ1n) is 8.76. The number of hydrogen-bond donors (Lipinski definition) is 2. The summed E-state index contributed by atoms with van der Waals surface area (Å²) in [4.78, 5) is 10.1. The highest BCUT2D eigenvalue weighted by Crippen LogP contribution is 2.26. The molecule has 1 aromatic heterocycles. The number of halogens is 2. The summed E-state index contributed by atoms with van der Waals surface area (Å²) in [5, 5.41) is 6.52. The predicted octanol–water partition coefficient (Wildman–Crippen LogP) is 2.31. The molecule has 27 heavy (non-hydrogen) atoms. The SMILES string of the molecule is CN=C(NCc1cccnc1OC)NC1CCN(c2c(F)cccc2F)C1. The van der Waals surface area contributed by atoms with Gasteiger partial charge in [0.1, 0.15) is 17.3 Å². The van der Waals surface area contributed by atoms with Crippen molar-refractivity contribution in [2.24, 2.45) is 4.99 Å². The molecule has 8 heteroatoms. The minimum absolute atomic E-state index is 0.0323. The molecule has 0 spiro atoms. The number of ether oxygens (including phenoxy) is 1. The van der Waals surface area contributed by atoms with Gasteiger partial charge in [-0.05, 0) is 24.6 Å². The summed E-state index contributed by atoms with van der Waals surface area (Å²) in [6.45, 7) is 1.56. The minimum Gasteiger partial charge on any atom is -0.481 e. The van der Waals surface area contributed by atoms with Crippen LogP contribution in [0, 0.1) is 11.6 Å². The van der Waals surface area contributed by atoms with Crippen LogP contribution < -0.4 is 20.3 Å². The number of hydrogen-bond acceptors (Lipinski definition) is 4. The molecule has 1 unspecified atom stereocenters. The molecule has 1 aliphatic heterocycles. The zero-order chi connectivity index (χ0) is 19.2. The number of nitrogens with zero attached hydrogens (tertiary/aromatic N) is 3. The van der Waals surface area contributed by atoms with E-state index >= 15 is 0 Å². The Labute approximate surface area is 157 Å². The number of aliphatic imine (C=N–C) groups is 1. The highest BCUT2D eigenvalue weighted by molar-refractivity contribution is 5.80. The van der Waals surface area contributed by atoms with Gasteiger partial charge in [0.25, 0.3) is 0 Å². The maximum atomic E-state index is 14.0. The van der Waals surface area contributed by atoms with Crippen molar-refractivity contribution in [3.63, 3.8) is 0 Å². The first kappa shape index (κ1) is 18.9. The van der Waals surface area contributed by atoms with Gasteiger partial charge in [0.05, 0.1) is 7.11 Å². The Balaban J connectivity index is 1.58. The fourth-order valence-electron chi connectivity index (χ4n) is 3.18. The van der Waals surface area contributed by atoms with Gasteiger partial charge in [-0.1, -0.05) is 12.1 Å². The number of benzene rings is 1. The van der Waals surface area contributed by atoms with Gasteiger partial charge in [-0.25, -0.2) is 13.8 Å². The summed E-state index contributed by atoms with van der Waals surface area (Å²) in [6, 6.07) is 7.73. The molecule has 0 radical (unpaired) electrons.